The van der Waals surface area contributed by atoms with Crippen molar-refractivity contribution in [1.82, 2.24) is 5.43 Å². The molecule has 1 unspecified atom stereocenters. The zero-order valence-corrected chi connectivity index (χ0v) is 9.38. The molecule has 0 fully saturated rings. The summed E-state index contributed by atoms with van der Waals surface area (Å²) < 4.78 is 0. The van der Waals surface area contributed by atoms with Crippen LogP contribution in [0.25, 0.3) is 0 Å². The van der Waals surface area contributed by atoms with Gasteiger partial charge >= 0.3 is 0 Å². The minimum absolute atomic E-state index is 0.215. The molecule has 0 bridgehead atoms. The molecular formula is C11H17ClN2. The molecule has 0 aliphatic rings. The van der Waals surface area contributed by atoms with Crippen molar-refractivity contribution < 1.29 is 0 Å². The molecule has 1 atom stereocenters. The summed E-state index contributed by atoms with van der Waals surface area (Å²) in [5.41, 5.74) is 4.01. The number of hydrazine groups is 1. The fourth-order valence-electron chi connectivity index (χ4n) is 1.47. The van der Waals surface area contributed by atoms with Gasteiger partial charge in [0.2, 0.25) is 0 Å². The van der Waals surface area contributed by atoms with Crippen LogP contribution in [0.3, 0.4) is 0 Å². The molecule has 14 heavy (non-hydrogen) atoms. The molecule has 0 aliphatic carbocycles. The molecule has 3 heteroatoms. The first kappa shape index (κ1) is 11.5. The van der Waals surface area contributed by atoms with Crippen LogP contribution in [0.2, 0.25) is 5.02 Å². The Hall–Kier alpha value is -0.570. The lowest BCUT2D eigenvalue weighted by atomic mass is 9.98. The highest BCUT2D eigenvalue weighted by atomic mass is 35.5. The van der Waals surface area contributed by atoms with Crippen molar-refractivity contribution in [2.24, 2.45) is 11.8 Å². The summed E-state index contributed by atoms with van der Waals surface area (Å²) in [7, 11) is 0. The lowest BCUT2D eigenvalue weighted by Gasteiger charge is -2.18. The number of benzene rings is 1. The first-order valence-electron chi connectivity index (χ1n) is 4.85. The van der Waals surface area contributed by atoms with Gasteiger partial charge in [-0.15, -0.1) is 0 Å². The van der Waals surface area contributed by atoms with Crippen molar-refractivity contribution in [1.29, 1.82) is 0 Å². The molecular weight excluding hydrogens is 196 g/mol. The fourth-order valence-corrected chi connectivity index (χ4v) is 1.59. The predicted molar refractivity (Wildman–Crippen MR) is 61.0 cm³/mol. The number of halogens is 1. The third kappa shape index (κ3) is 3.29. The first-order valence-corrected chi connectivity index (χ1v) is 5.23. The van der Waals surface area contributed by atoms with Crippen LogP contribution in [-0.4, -0.2) is 0 Å². The van der Waals surface area contributed by atoms with Gasteiger partial charge in [0.1, 0.15) is 0 Å². The Labute approximate surface area is 90.4 Å². The SMILES string of the molecule is CC(C)CC(NN)c1ccc(Cl)cc1. The first-order chi connectivity index (χ1) is 6.63. The molecule has 1 rings (SSSR count). The maximum absolute atomic E-state index is 5.81. The van der Waals surface area contributed by atoms with E-state index < -0.39 is 0 Å². The van der Waals surface area contributed by atoms with Gasteiger partial charge in [0.15, 0.2) is 0 Å². The van der Waals surface area contributed by atoms with E-state index in [4.69, 9.17) is 17.4 Å². The van der Waals surface area contributed by atoms with Gasteiger partial charge < -0.3 is 0 Å². The Morgan fingerprint density at radius 3 is 2.29 bits per heavy atom. The summed E-state index contributed by atoms with van der Waals surface area (Å²) in [6.07, 6.45) is 1.03. The van der Waals surface area contributed by atoms with Crippen LogP contribution < -0.4 is 11.3 Å². The van der Waals surface area contributed by atoms with Crippen LogP contribution in [0.5, 0.6) is 0 Å². The average molecular weight is 213 g/mol. The quantitative estimate of drug-likeness (QED) is 0.595. The van der Waals surface area contributed by atoms with E-state index in [1.807, 2.05) is 24.3 Å². The Morgan fingerprint density at radius 1 is 1.29 bits per heavy atom. The number of nitrogens with two attached hydrogens (primary N) is 1. The Balaban J connectivity index is 2.73. The summed E-state index contributed by atoms with van der Waals surface area (Å²) in [5.74, 6) is 6.13. The highest BCUT2D eigenvalue weighted by Gasteiger charge is 2.10. The molecule has 0 aromatic heterocycles. The Bertz CT molecular complexity index is 269. The van der Waals surface area contributed by atoms with Gasteiger partial charge in [0.25, 0.3) is 0 Å². The third-order valence-corrected chi connectivity index (χ3v) is 2.43. The van der Waals surface area contributed by atoms with Crippen LogP contribution in [0, 0.1) is 5.92 Å². The van der Waals surface area contributed by atoms with Crippen molar-refractivity contribution in [3.05, 3.63) is 34.9 Å². The lowest BCUT2D eigenvalue weighted by molar-refractivity contribution is 0.438. The number of rotatable bonds is 4. The number of nitrogens with one attached hydrogen (secondary N) is 1. The highest BCUT2D eigenvalue weighted by Crippen LogP contribution is 2.21. The molecule has 3 N–H and O–H groups in total. The maximum atomic E-state index is 5.81. The smallest absolute Gasteiger partial charge is 0.0462 e. The average Bonchev–Trinajstić information content (AvgIpc) is 2.15. The van der Waals surface area contributed by atoms with Gasteiger partial charge in [-0.2, -0.15) is 0 Å². The minimum Gasteiger partial charge on any atom is -0.271 e. The maximum Gasteiger partial charge on any atom is 0.0462 e. The van der Waals surface area contributed by atoms with Crippen LogP contribution in [-0.2, 0) is 0 Å². The minimum atomic E-state index is 0.215. The van der Waals surface area contributed by atoms with Crippen molar-refractivity contribution in [2.75, 3.05) is 0 Å². The molecule has 78 valence electrons. The van der Waals surface area contributed by atoms with Crippen LogP contribution in [0.1, 0.15) is 31.9 Å². The van der Waals surface area contributed by atoms with Gasteiger partial charge in [0, 0.05) is 11.1 Å². The summed E-state index contributed by atoms with van der Waals surface area (Å²) >= 11 is 5.81. The molecule has 1 aromatic carbocycles. The van der Waals surface area contributed by atoms with E-state index in [9.17, 15) is 0 Å². The number of hydrogen-bond acceptors (Lipinski definition) is 2. The monoisotopic (exact) mass is 212 g/mol. The normalized spacial score (nSPS) is 13.2. The molecule has 0 heterocycles. The third-order valence-electron chi connectivity index (χ3n) is 2.18. The molecule has 0 aliphatic heterocycles. The summed E-state index contributed by atoms with van der Waals surface area (Å²) in [6, 6.07) is 8.01. The fraction of sp³-hybridized carbons (Fsp3) is 0.455. The second-order valence-corrected chi connectivity index (χ2v) is 4.34. The van der Waals surface area contributed by atoms with Crippen molar-refractivity contribution in [3.8, 4) is 0 Å². The van der Waals surface area contributed by atoms with E-state index in [1.54, 1.807) is 0 Å². The molecule has 0 saturated heterocycles. The molecule has 0 radical (unpaired) electrons. The molecule has 1 aromatic rings. The molecule has 0 spiro atoms. The number of hydrogen-bond donors (Lipinski definition) is 2. The topological polar surface area (TPSA) is 38.0 Å². The van der Waals surface area contributed by atoms with Crippen molar-refractivity contribution in [2.45, 2.75) is 26.3 Å². The Kier molecular flexibility index (Phi) is 4.39. The second-order valence-electron chi connectivity index (χ2n) is 3.90. The Morgan fingerprint density at radius 2 is 1.86 bits per heavy atom. The molecule has 2 nitrogen and oxygen atoms in total. The highest BCUT2D eigenvalue weighted by molar-refractivity contribution is 6.30. The van der Waals surface area contributed by atoms with Gasteiger partial charge in [-0.25, -0.2) is 0 Å². The predicted octanol–water partition coefficient (Wildman–Crippen LogP) is 2.89. The van der Waals surface area contributed by atoms with Gasteiger partial charge in [0.05, 0.1) is 0 Å². The molecule has 0 amide bonds. The van der Waals surface area contributed by atoms with Crippen molar-refractivity contribution in [3.63, 3.8) is 0 Å². The standard InChI is InChI=1S/C11H17ClN2/c1-8(2)7-11(14-13)9-3-5-10(12)6-4-9/h3-6,8,11,14H,7,13H2,1-2H3. The van der Waals surface area contributed by atoms with Gasteiger partial charge in [-0.1, -0.05) is 37.6 Å². The van der Waals surface area contributed by atoms with Gasteiger partial charge in [-0.05, 0) is 30.0 Å². The second kappa shape index (κ2) is 5.35. The zero-order chi connectivity index (χ0) is 10.6. The van der Waals surface area contributed by atoms with E-state index in [-0.39, 0.29) is 6.04 Å². The largest absolute Gasteiger partial charge is 0.271 e. The van der Waals surface area contributed by atoms with Crippen molar-refractivity contribution >= 4 is 11.6 Å². The van der Waals surface area contributed by atoms with Crippen LogP contribution in [0.15, 0.2) is 24.3 Å². The molecule has 0 saturated carbocycles. The van der Waals surface area contributed by atoms with E-state index in [0.29, 0.717) is 5.92 Å². The lowest BCUT2D eigenvalue weighted by Crippen LogP contribution is -2.28. The summed E-state index contributed by atoms with van der Waals surface area (Å²) in [5, 5.41) is 0.758. The van der Waals surface area contributed by atoms with E-state index >= 15 is 0 Å². The van der Waals surface area contributed by atoms with Gasteiger partial charge in [-0.3, -0.25) is 11.3 Å². The van der Waals surface area contributed by atoms with E-state index in [1.165, 1.54) is 5.56 Å². The summed E-state index contributed by atoms with van der Waals surface area (Å²) in [4.78, 5) is 0. The van der Waals surface area contributed by atoms with Crippen LogP contribution in [0.4, 0.5) is 0 Å². The summed E-state index contributed by atoms with van der Waals surface area (Å²) in [6.45, 7) is 4.36. The van der Waals surface area contributed by atoms with E-state index in [2.05, 4.69) is 19.3 Å². The zero-order valence-electron chi connectivity index (χ0n) is 8.63. The van der Waals surface area contributed by atoms with Crippen LogP contribution >= 0.6 is 11.6 Å². The van der Waals surface area contributed by atoms with E-state index in [0.717, 1.165) is 11.4 Å².